The molecule has 1 fully saturated rings. The molecule has 1 aromatic carbocycles. The first kappa shape index (κ1) is 17.2. The van der Waals surface area contributed by atoms with Crippen LogP contribution in [0.5, 0.6) is 5.75 Å². The zero-order chi connectivity index (χ0) is 16.8. The zero-order valence-electron chi connectivity index (χ0n) is 14.6. The summed E-state index contributed by atoms with van der Waals surface area (Å²) in [5.41, 5.74) is 7.11. The second kappa shape index (κ2) is 7.99. The Labute approximate surface area is 144 Å². The molecule has 1 saturated heterocycles. The van der Waals surface area contributed by atoms with Gasteiger partial charge in [-0.2, -0.15) is 0 Å². The highest BCUT2D eigenvalue weighted by molar-refractivity contribution is 6.02. The lowest BCUT2D eigenvalue weighted by molar-refractivity contribution is -0.387. The molecular weight excluding hydrogens is 304 g/mol. The van der Waals surface area contributed by atoms with E-state index in [9.17, 15) is 0 Å². The number of amidine groups is 1. The van der Waals surface area contributed by atoms with E-state index in [1.165, 1.54) is 32.1 Å². The van der Waals surface area contributed by atoms with Gasteiger partial charge in [-0.3, -0.25) is 0 Å². The minimum atomic E-state index is -0.824. The van der Waals surface area contributed by atoms with Crippen molar-refractivity contribution in [1.82, 2.24) is 0 Å². The molecule has 5 heteroatoms. The second-order valence-corrected chi connectivity index (χ2v) is 6.59. The van der Waals surface area contributed by atoms with Crippen molar-refractivity contribution in [3.63, 3.8) is 0 Å². The Balaban J connectivity index is 1.64. The summed E-state index contributed by atoms with van der Waals surface area (Å²) in [5.74, 6) is 1.32. The van der Waals surface area contributed by atoms with Crippen molar-refractivity contribution >= 4 is 5.84 Å². The van der Waals surface area contributed by atoms with Gasteiger partial charge >= 0.3 is 0 Å². The maximum absolute atomic E-state index is 6.10. The maximum Gasteiger partial charge on any atom is 0.224 e. The number of ether oxygens (including phenoxy) is 1. The van der Waals surface area contributed by atoms with Crippen LogP contribution in [-0.2, 0) is 15.5 Å². The van der Waals surface area contributed by atoms with Gasteiger partial charge in [-0.15, -0.1) is 0 Å². The van der Waals surface area contributed by atoms with Crippen LogP contribution in [0.2, 0.25) is 0 Å². The predicted molar refractivity (Wildman–Crippen MR) is 94.0 cm³/mol. The molecule has 3 rings (SSSR count). The van der Waals surface area contributed by atoms with E-state index in [0.29, 0.717) is 19.0 Å². The first-order valence-corrected chi connectivity index (χ1v) is 9.19. The van der Waals surface area contributed by atoms with Gasteiger partial charge in [0, 0.05) is 12.0 Å². The molecule has 1 atom stereocenters. The van der Waals surface area contributed by atoms with E-state index in [-0.39, 0.29) is 0 Å². The van der Waals surface area contributed by atoms with Gasteiger partial charge in [0.25, 0.3) is 0 Å². The van der Waals surface area contributed by atoms with Gasteiger partial charge in [-0.05, 0) is 18.9 Å². The molecule has 2 N–H and O–H groups in total. The summed E-state index contributed by atoms with van der Waals surface area (Å²) in [7, 11) is 0. The molecular formula is C19H28N2O3. The molecule has 0 aromatic heterocycles. The molecule has 0 bridgehead atoms. The van der Waals surface area contributed by atoms with Crippen LogP contribution in [-0.4, -0.2) is 19.0 Å². The molecule has 1 spiro atoms. The van der Waals surface area contributed by atoms with Crippen LogP contribution in [0.25, 0.3) is 0 Å². The van der Waals surface area contributed by atoms with Crippen LogP contribution in [0.3, 0.4) is 0 Å². The number of hydrogen-bond donors (Lipinski definition) is 1. The molecule has 2 aliphatic rings. The third kappa shape index (κ3) is 3.57. The number of fused-ring (bicyclic) bond motifs is 2. The SMILES string of the molecule is CCCCCCCCOc1cccc2c1C1(CCCOO1)N=C2N. The molecule has 2 heterocycles. The lowest BCUT2D eigenvalue weighted by Crippen LogP contribution is -2.31. The Morgan fingerprint density at radius 1 is 1.21 bits per heavy atom. The third-order valence-corrected chi connectivity index (χ3v) is 4.69. The molecule has 132 valence electrons. The Morgan fingerprint density at radius 3 is 2.83 bits per heavy atom. The highest BCUT2D eigenvalue weighted by Gasteiger charge is 2.45. The number of hydrogen-bond acceptors (Lipinski definition) is 5. The molecule has 5 nitrogen and oxygen atoms in total. The molecule has 0 saturated carbocycles. The molecule has 24 heavy (non-hydrogen) atoms. The van der Waals surface area contributed by atoms with E-state index < -0.39 is 5.72 Å². The Morgan fingerprint density at radius 2 is 2.04 bits per heavy atom. The number of unbranched alkanes of at least 4 members (excludes halogenated alkanes) is 5. The lowest BCUT2D eigenvalue weighted by Gasteiger charge is -2.31. The largest absolute Gasteiger partial charge is 0.493 e. The maximum atomic E-state index is 6.10. The van der Waals surface area contributed by atoms with Gasteiger partial charge in [0.2, 0.25) is 5.72 Å². The number of benzene rings is 1. The van der Waals surface area contributed by atoms with Crippen molar-refractivity contribution in [2.45, 2.75) is 64.0 Å². The van der Waals surface area contributed by atoms with E-state index >= 15 is 0 Å². The van der Waals surface area contributed by atoms with Gasteiger partial charge in [0.05, 0.1) is 18.8 Å². The number of nitrogens with two attached hydrogens (primary N) is 1. The van der Waals surface area contributed by atoms with Crippen LogP contribution in [0.15, 0.2) is 23.2 Å². The smallest absolute Gasteiger partial charge is 0.224 e. The quantitative estimate of drug-likeness (QED) is 0.576. The summed E-state index contributed by atoms with van der Waals surface area (Å²) < 4.78 is 6.07. The molecule has 0 aliphatic carbocycles. The standard InChI is InChI=1S/C19H28N2O3/c1-2-3-4-5-6-7-13-22-16-11-8-10-15-17(16)19(21-18(15)20)12-9-14-23-24-19/h8,10-11H,2-7,9,12-14H2,1H3,(H2,20,21). The van der Waals surface area contributed by atoms with Crippen LogP contribution in [0.1, 0.15) is 69.4 Å². The lowest BCUT2D eigenvalue weighted by atomic mass is 9.95. The van der Waals surface area contributed by atoms with Crippen molar-refractivity contribution < 1.29 is 14.5 Å². The fourth-order valence-corrected chi connectivity index (χ4v) is 3.44. The predicted octanol–water partition coefficient (Wildman–Crippen LogP) is 4.04. The van der Waals surface area contributed by atoms with Gasteiger partial charge in [0.15, 0.2) is 0 Å². The number of nitrogens with zero attached hydrogens (tertiary/aromatic N) is 1. The van der Waals surface area contributed by atoms with Crippen LogP contribution in [0.4, 0.5) is 0 Å². The summed E-state index contributed by atoms with van der Waals surface area (Å²) in [5, 5.41) is 0. The number of aliphatic imine (C=N–C) groups is 1. The topological polar surface area (TPSA) is 66.1 Å². The van der Waals surface area contributed by atoms with Gasteiger partial charge < -0.3 is 10.5 Å². The van der Waals surface area contributed by atoms with Crippen molar-refractivity contribution in [1.29, 1.82) is 0 Å². The first-order chi connectivity index (χ1) is 11.8. The Hall–Kier alpha value is -1.59. The van der Waals surface area contributed by atoms with Crippen LogP contribution >= 0.6 is 0 Å². The molecule has 1 unspecified atom stereocenters. The molecule has 1 aromatic rings. The van der Waals surface area contributed by atoms with Crippen LogP contribution < -0.4 is 10.5 Å². The summed E-state index contributed by atoms with van der Waals surface area (Å²) in [6, 6.07) is 5.91. The fourth-order valence-electron chi connectivity index (χ4n) is 3.44. The van der Waals surface area contributed by atoms with Gasteiger partial charge in [-0.1, -0.05) is 51.2 Å². The summed E-state index contributed by atoms with van der Waals surface area (Å²) in [4.78, 5) is 15.4. The molecule has 0 radical (unpaired) electrons. The average Bonchev–Trinajstić information content (AvgIpc) is 2.87. The van der Waals surface area contributed by atoms with Gasteiger partial charge in [-0.25, -0.2) is 14.8 Å². The monoisotopic (exact) mass is 332 g/mol. The zero-order valence-corrected chi connectivity index (χ0v) is 14.6. The van der Waals surface area contributed by atoms with E-state index in [0.717, 1.165) is 36.1 Å². The Kier molecular flexibility index (Phi) is 5.74. The van der Waals surface area contributed by atoms with Crippen molar-refractivity contribution in [2.75, 3.05) is 13.2 Å². The van der Waals surface area contributed by atoms with E-state index in [1.807, 2.05) is 18.2 Å². The average molecular weight is 332 g/mol. The van der Waals surface area contributed by atoms with Crippen LogP contribution in [0, 0.1) is 0 Å². The van der Waals surface area contributed by atoms with Gasteiger partial charge in [0.1, 0.15) is 11.6 Å². The summed E-state index contributed by atoms with van der Waals surface area (Å²) in [6.07, 6.45) is 9.12. The van der Waals surface area contributed by atoms with Crippen molar-refractivity contribution in [2.24, 2.45) is 10.7 Å². The third-order valence-electron chi connectivity index (χ3n) is 4.69. The number of rotatable bonds is 8. The second-order valence-electron chi connectivity index (χ2n) is 6.59. The molecule has 0 amide bonds. The fraction of sp³-hybridized carbons (Fsp3) is 0.632. The molecule has 2 aliphatic heterocycles. The van der Waals surface area contributed by atoms with Crippen molar-refractivity contribution in [3.05, 3.63) is 29.3 Å². The minimum absolute atomic E-state index is 0.500. The van der Waals surface area contributed by atoms with E-state index in [4.69, 9.17) is 20.2 Å². The minimum Gasteiger partial charge on any atom is -0.493 e. The van der Waals surface area contributed by atoms with E-state index in [2.05, 4.69) is 11.9 Å². The Bertz CT molecular complexity index is 580. The van der Waals surface area contributed by atoms with E-state index in [1.54, 1.807) is 0 Å². The van der Waals surface area contributed by atoms with Crippen molar-refractivity contribution in [3.8, 4) is 5.75 Å². The summed E-state index contributed by atoms with van der Waals surface area (Å²) >= 11 is 0. The first-order valence-electron chi connectivity index (χ1n) is 9.19. The summed E-state index contributed by atoms with van der Waals surface area (Å²) in [6.45, 7) is 3.53. The normalized spacial score (nSPS) is 22.5. The highest BCUT2D eigenvalue weighted by atomic mass is 17.2. The highest BCUT2D eigenvalue weighted by Crippen LogP contribution is 2.46.